The average molecular weight is 153 g/mol. The van der Waals surface area contributed by atoms with Gasteiger partial charge in [-0.3, -0.25) is 0 Å². The van der Waals surface area contributed by atoms with Crippen LogP contribution < -0.4 is 5.73 Å². The quantitative estimate of drug-likeness (QED) is 0.639. The summed E-state index contributed by atoms with van der Waals surface area (Å²) in [6.45, 7) is 1.60. The maximum Gasteiger partial charge on any atom is 0.261 e. The van der Waals surface area contributed by atoms with E-state index in [2.05, 4.69) is 4.74 Å². The molecule has 0 aliphatic rings. The largest absolute Gasteiger partial charge is 0.374 e. The normalized spacial score (nSPS) is 14.1. The first-order chi connectivity index (χ1) is 4.66. The maximum atomic E-state index is 11.4. The third kappa shape index (κ3) is 5.91. The third-order valence-electron chi connectivity index (χ3n) is 1.10. The van der Waals surface area contributed by atoms with Gasteiger partial charge in [0, 0.05) is 6.04 Å². The summed E-state index contributed by atoms with van der Waals surface area (Å²) in [6, 6.07) is -0.112. The zero-order chi connectivity index (χ0) is 7.98. The van der Waals surface area contributed by atoms with E-state index < -0.39 is 13.0 Å². The Hall–Kier alpha value is -0.220. The fraction of sp³-hybridized carbons (Fsp3) is 1.00. The predicted octanol–water partition coefficient (Wildman–Crippen LogP) is 1.01. The van der Waals surface area contributed by atoms with Crippen molar-refractivity contribution in [3.8, 4) is 0 Å². The molecular formula is C6H13F2NO. The summed E-state index contributed by atoms with van der Waals surface area (Å²) in [5.74, 6) is 0. The van der Waals surface area contributed by atoms with Crippen LogP contribution >= 0.6 is 0 Å². The zero-order valence-corrected chi connectivity index (χ0v) is 6.02. The van der Waals surface area contributed by atoms with Crippen molar-refractivity contribution in [1.82, 2.24) is 0 Å². The zero-order valence-electron chi connectivity index (χ0n) is 6.02. The highest BCUT2D eigenvalue weighted by molar-refractivity contribution is 4.55. The van der Waals surface area contributed by atoms with Gasteiger partial charge in [0.25, 0.3) is 6.43 Å². The molecule has 0 bridgehead atoms. The van der Waals surface area contributed by atoms with Crippen LogP contribution in [0.5, 0.6) is 0 Å². The van der Waals surface area contributed by atoms with Gasteiger partial charge in [-0.1, -0.05) is 6.92 Å². The fourth-order valence-electron chi connectivity index (χ4n) is 0.426. The highest BCUT2D eigenvalue weighted by atomic mass is 19.3. The molecule has 1 atom stereocenters. The Labute approximate surface area is 59.3 Å². The van der Waals surface area contributed by atoms with Gasteiger partial charge in [0.1, 0.15) is 6.61 Å². The van der Waals surface area contributed by atoms with Crippen molar-refractivity contribution in [3.05, 3.63) is 0 Å². The number of ether oxygens (including phenoxy) is 1. The van der Waals surface area contributed by atoms with Crippen molar-refractivity contribution in [1.29, 1.82) is 0 Å². The first-order valence-corrected chi connectivity index (χ1v) is 3.28. The summed E-state index contributed by atoms with van der Waals surface area (Å²) >= 11 is 0. The van der Waals surface area contributed by atoms with Gasteiger partial charge in [-0.05, 0) is 6.42 Å². The Morgan fingerprint density at radius 3 is 2.40 bits per heavy atom. The maximum absolute atomic E-state index is 11.4. The Morgan fingerprint density at radius 1 is 1.40 bits per heavy atom. The Morgan fingerprint density at radius 2 is 2.00 bits per heavy atom. The fourth-order valence-corrected chi connectivity index (χ4v) is 0.426. The van der Waals surface area contributed by atoms with E-state index in [1.165, 1.54) is 0 Å². The predicted molar refractivity (Wildman–Crippen MR) is 35.1 cm³/mol. The number of rotatable bonds is 5. The SMILES string of the molecule is CCC(N)COCC(F)F. The monoisotopic (exact) mass is 153 g/mol. The van der Waals surface area contributed by atoms with Gasteiger partial charge in [0.05, 0.1) is 6.61 Å². The first kappa shape index (κ1) is 9.78. The van der Waals surface area contributed by atoms with E-state index in [-0.39, 0.29) is 12.6 Å². The molecule has 0 radical (unpaired) electrons. The van der Waals surface area contributed by atoms with Crippen molar-refractivity contribution in [2.75, 3.05) is 13.2 Å². The molecular weight excluding hydrogens is 140 g/mol. The highest BCUT2D eigenvalue weighted by Gasteiger charge is 2.03. The highest BCUT2D eigenvalue weighted by Crippen LogP contribution is 1.94. The van der Waals surface area contributed by atoms with E-state index in [0.29, 0.717) is 0 Å². The molecule has 2 nitrogen and oxygen atoms in total. The van der Waals surface area contributed by atoms with Crippen LogP contribution in [0.1, 0.15) is 13.3 Å². The average Bonchev–Trinajstić information content (AvgIpc) is 1.87. The van der Waals surface area contributed by atoms with Crippen molar-refractivity contribution >= 4 is 0 Å². The summed E-state index contributed by atoms with van der Waals surface area (Å²) in [7, 11) is 0. The van der Waals surface area contributed by atoms with Crippen LogP contribution in [-0.2, 0) is 4.74 Å². The molecule has 0 fully saturated rings. The Bertz CT molecular complexity index is 80.1. The van der Waals surface area contributed by atoms with Crippen molar-refractivity contribution in [3.63, 3.8) is 0 Å². The third-order valence-corrected chi connectivity index (χ3v) is 1.10. The van der Waals surface area contributed by atoms with Gasteiger partial charge in [-0.2, -0.15) is 0 Å². The molecule has 0 aliphatic heterocycles. The second kappa shape index (κ2) is 5.56. The molecule has 0 aliphatic carbocycles. The van der Waals surface area contributed by atoms with Crippen LogP contribution in [-0.4, -0.2) is 25.7 Å². The summed E-state index contributed by atoms with van der Waals surface area (Å²) in [5, 5.41) is 0. The minimum atomic E-state index is -2.39. The minimum absolute atomic E-state index is 0.112. The standard InChI is InChI=1S/C6H13F2NO/c1-2-5(9)3-10-4-6(7)8/h5-6H,2-4,9H2,1H3. The van der Waals surface area contributed by atoms with Crippen molar-refractivity contribution < 1.29 is 13.5 Å². The molecule has 0 saturated heterocycles. The van der Waals surface area contributed by atoms with Crippen LogP contribution in [0.15, 0.2) is 0 Å². The minimum Gasteiger partial charge on any atom is -0.374 e. The van der Waals surface area contributed by atoms with Gasteiger partial charge >= 0.3 is 0 Å². The van der Waals surface area contributed by atoms with E-state index in [0.717, 1.165) is 6.42 Å². The van der Waals surface area contributed by atoms with Gasteiger partial charge in [0.15, 0.2) is 0 Å². The first-order valence-electron chi connectivity index (χ1n) is 3.28. The van der Waals surface area contributed by atoms with Gasteiger partial charge in [-0.15, -0.1) is 0 Å². The molecule has 10 heavy (non-hydrogen) atoms. The number of alkyl halides is 2. The van der Waals surface area contributed by atoms with Gasteiger partial charge < -0.3 is 10.5 Å². The van der Waals surface area contributed by atoms with E-state index >= 15 is 0 Å². The lowest BCUT2D eigenvalue weighted by atomic mass is 10.3. The van der Waals surface area contributed by atoms with Crippen LogP contribution in [0.25, 0.3) is 0 Å². The molecule has 62 valence electrons. The number of nitrogens with two attached hydrogens (primary N) is 1. The van der Waals surface area contributed by atoms with Crippen molar-refractivity contribution in [2.24, 2.45) is 5.73 Å². The van der Waals surface area contributed by atoms with E-state index in [1.807, 2.05) is 6.92 Å². The van der Waals surface area contributed by atoms with Gasteiger partial charge in [0.2, 0.25) is 0 Å². The molecule has 0 spiro atoms. The van der Waals surface area contributed by atoms with Crippen molar-refractivity contribution in [2.45, 2.75) is 25.8 Å². The number of hydrogen-bond donors (Lipinski definition) is 1. The Kier molecular flexibility index (Phi) is 5.43. The molecule has 0 rings (SSSR count). The Balaban J connectivity index is 3.03. The lowest BCUT2D eigenvalue weighted by molar-refractivity contribution is 0.0125. The van der Waals surface area contributed by atoms with Gasteiger partial charge in [-0.25, -0.2) is 8.78 Å². The lowest BCUT2D eigenvalue weighted by Crippen LogP contribution is -2.26. The summed E-state index contributed by atoms with van der Waals surface area (Å²) in [5.41, 5.74) is 5.39. The summed E-state index contributed by atoms with van der Waals surface area (Å²) in [6.07, 6.45) is -1.63. The second-order valence-electron chi connectivity index (χ2n) is 2.10. The van der Waals surface area contributed by atoms with E-state index in [9.17, 15) is 8.78 Å². The molecule has 0 saturated carbocycles. The molecule has 0 aromatic heterocycles. The smallest absolute Gasteiger partial charge is 0.261 e. The molecule has 0 aromatic carbocycles. The van der Waals surface area contributed by atoms with Crippen LogP contribution in [0.2, 0.25) is 0 Å². The number of hydrogen-bond acceptors (Lipinski definition) is 2. The molecule has 2 N–H and O–H groups in total. The lowest BCUT2D eigenvalue weighted by Gasteiger charge is -2.08. The second-order valence-corrected chi connectivity index (χ2v) is 2.10. The molecule has 0 amide bonds. The molecule has 0 aromatic rings. The van der Waals surface area contributed by atoms with Crippen LogP contribution in [0, 0.1) is 0 Å². The summed E-state index contributed by atoms with van der Waals surface area (Å²) in [4.78, 5) is 0. The van der Waals surface area contributed by atoms with E-state index in [1.54, 1.807) is 0 Å². The molecule has 4 heteroatoms. The van der Waals surface area contributed by atoms with Crippen LogP contribution in [0.4, 0.5) is 8.78 Å². The van der Waals surface area contributed by atoms with Crippen LogP contribution in [0.3, 0.4) is 0 Å². The van der Waals surface area contributed by atoms with E-state index in [4.69, 9.17) is 5.73 Å². The topological polar surface area (TPSA) is 35.2 Å². The molecule has 0 heterocycles. The summed E-state index contributed by atoms with van der Waals surface area (Å²) < 4.78 is 27.4. The number of halogens is 2. The molecule has 1 unspecified atom stereocenters.